The maximum atomic E-state index is 13.2. The first-order valence-electron chi connectivity index (χ1n) is 13.5. The lowest BCUT2D eigenvalue weighted by molar-refractivity contribution is -0.385. The van der Waals surface area contributed by atoms with Crippen LogP contribution in [0.4, 0.5) is 24.5 Å². The molecule has 2 aromatic carbocycles. The number of thioether (sulfide) groups is 1. The maximum Gasteiger partial charge on any atom is 0.420 e. The molecule has 9 nitrogen and oxygen atoms in total. The molecule has 0 atom stereocenters. The highest BCUT2D eigenvalue weighted by atomic mass is 32.2. The standard InChI is InChI=1S/C28H34F3N5O4S/c1-17(2)19-8-9-22(36(38)39)24(18(3)4)25(19)33-23(37)16-35-12-10-34(11-13-35)14-15-41-27-32-21-7-5-6-20(26(21)40-27)28(29,30)31/h5-9,17-18H,10-16H2,1-4H3,(H,33,37). The SMILES string of the molecule is CC(C)c1ccc([N+](=O)[O-])c(C(C)C)c1NC(=O)CN1CCN(CCSc2nc3cccc(C(F)(F)F)c3o2)CC1. The number of nitro benzene ring substituents is 1. The summed E-state index contributed by atoms with van der Waals surface area (Å²) in [7, 11) is 0. The highest BCUT2D eigenvalue weighted by Gasteiger charge is 2.34. The lowest BCUT2D eigenvalue weighted by Gasteiger charge is -2.34. The number of nitrogens with zero attached hydrogens (tertiary/aromatic N) is 4. The van der Waals surface area contributed by atoms with Gasteiger partial charge in [-0.2, -0.15) is 13.2 Å². The van der Waals surface area contributed by atoms with Gasteiger partial charge in [-0.3, -0.25) is 24.7 Å². The number of rotatable bonds is 10. The Morgan fingerprint density at radius 3 is 2.39 bits per heavy atom. The van der Waals surface area contributed by atoms with E-state index >= 15 is 0 Å². The monoisotopic (exact) mass is 593 g/mol. The summed E-state index contributed by atoms with van der Waals surface area (Å²) in [6, 6.07) is 7.04. The molecule has 1 amide bonds. The summed E-state index contributed by atoms with van der Waals surface area (Å²) in [4.78, 5) is 32.8. The van der Waals surface area contributed by atoms with Crippen LogP contribution in [0.1, 0.15) is 56.2 Å². The first-order valence-corrected chi connectivity index (χ1v) is 14.5. The van der Waals surface area contributed by atoms with Crippen LogP contribution >= 0.6 is 11.8 Å². The number of amides is 1. The van der Waals surface area contributed by atoms with E-state index in [1.807, 2.05) is 32.6 Å². The average molecular weight is 594 g/mol. The number of nitrogens with one attached hydrogen (secondary N) is 1. The van der Waals surface area contributed by atoms with Gasteiger partial charge in [0.25, 0.3) is 10.9 Å². The Labute approximate surface area is 240 Å². The molecule has 222 valence electrons. The fourth-order valence-corrected chi connectivity index (χ4v) is 5.85. The molecular weight excluding hydrogens is 559 g/mol. The molecule has 0 saturated carbocycles. The molecule has 13 heteroatoms. The number of carbonyl (C=O) groups is 1. The average Bonchev–Trinajstić information content (AvgIpc) is 3.31. The van der Waals surface area contributed by atoms with Gasteiger partial charge in [0.2, 0.25) is 5.91 Å². The van der Waals surface area contributed by atoms with Crippen molar-refractivity contribution in [2.45, 2.75) is 50.9 Å². The van der Waals surface area contributed by atoms with Gasteiger partial charge in [-0.1, -0.05) is 45.5 Å². The van der Waals surface area contributed by atoms with E-state index in [0.29, 0.717) is 36.6 Å². The fourth-order valence-electron chi connectivity index (χ4n) is 5.02. The Morgan fingerprint density at radius 2 is 1.78 bits per heavy atom. The lowest BCUT2D eigenvalue weighted by Crippen LogP contribution is -2.49. The minimum absolute atomic E-state index is 0.00447. The Hall–Kier alpha value is -3.16. The van der Waals surface area contributed by atoms with Gasteiger partial charge in [0.15, 0.2) is 5.58 Å². The van der Waals surface area contributed by atoms with E-state index in [2.05, 4.69) is 15.2 Å². The number of hydrogen-bond acceptors (Lipinski definition) is 8. The molecule has 0 radical (unpaired) electrons. The zero-order valence-corrected chi connectivity index (χ0v) is 24.3. The van der Waals surface area contributed by atoms with Crippen LogP contribution in [0.5, 0.6) is 0 Å². The molecular formula is C28H34F3N5O4S. The molecule has 4 rings (SSSR count). The quantitative estimate of drug-likeness (QED) is 0.165. The Morgan fingerprint density at radius 1 is 1.10 bits per heavy atom. The van der Waals surface area contributed by atoms with E-state index in [1.165, 1.54) is 30.0 Å². The molecule has 0 aliphatic carbocycles. The molecule has 1 fully saturated rings. The van der Waals surface area contributed by atoms with Crippen LogP contribution in [0, 0.1) is 10.1 Å². The third-order valence-electron chi connectivity index (χ3n) is 7.08. The summed E-state index contributed by atoms with van der Waals surface area (Å²) >= 11 is 1.27. The van der Waals surface area contributed by atoms with Crippen LogP contribution in [-0.4, -0.2) is 70.6 Å². The first-order chi connectivity index (χ1) is 19.3. The van der Waals surface area contributed by atoms with E-state index in [9.17, 15) is 28.1 Å². The Kier molecular flexibility index (Phi) is 9.60. The van der Waals surface area contributed by atoms with Crippen LogP contribution in [-0.2, 0) is 11.0 Å². The third-order valence-corrected chi connectivity index (χ3v) is 7.89. The van der Waals surface area contributed by atoms with Crippen LogP contribution < -0.4 is 5.32 Å². The molecule has 1 aromatic heterocycles. The molecule has 1 saturated heterocycles. The highest BCUT2D eigenvalue weighted by molar-refractivity contribution is 7.99. The van der Waals surface area contributed by atoms with Gasteiger partial charge in [-0.05, 0) is 35.6 Å². The highest BCUT2D eigenvalue weighted by Crippen LogP contribution is 2.39. The Bertz CT molecular complexity index is 1400. The van der Waals surface area contributed by atoms with Gasteiger partial charge in [0.1, 0.15) is 11.1 Å². The third kappa shape index (κ3) is 7.38. The van der Waals surface area contributed by atoms with Crippen molar-refractivity contribution in [1.82, 2.24) is 14.8 Å². The van der Waals surface area contributed by atoms with Gasteiger partial charge < -0.3 is 9.73 Å². The number of nitro groups is 1. The summed E-state index contributed by atoms with van der Waals surface area (Å²) in [5.41, 5.74) is 1.03. The van der Waals surface area contributed by atoms with E-state index in [4.69, 9.17) is 4.42 Å². The van der Waals surface area contributed by atoms with Crippen molar-refractivity contribution in [3.8, 4) is 0 Å². The number of hydrogen-bond donors (Lipinski definition) is 1. The van der Waals surface area contributed by atoms with Crippen molar-refractivity contribution in [3.63, 3.8) is 0 Å². The topological polar surface area (TPSA) is 105 Å². The number of piperazine rings is 1. The predicted octanol–water partition coefficient (Wildman–Crippen LogP) is 6.35. The zero-order valence-electron chi connectivity index (χ0n) is 23.5. The van der Waals surface area contributed by atoms with Crippen LogP contribution in [0.15, 0.2) is 40.0 Å². The molecule has 3 aromatic rings. The number of fused-ring (bicyclic) bond motifs is 1. The molecule has 0 bridgehead atoms. The largest absolute Gasteiger partial charge is 0.431 e. The Balaban J connectivity index is 1.30. The second-order valence-electron chi connectivity index (χ2n) is 10.7. The zero-order chi connectivity index (χ0) is 29.9. The number of carbonyl (C=O) groups excluding carboxylic acids is 1. The van der Waals surface area contributed by atoms with Crippen LogP contribution in [0.25, 0.3) is 11.1 Å². The van der Waals surface area contributed by atoms with E-state index in [-0.39, 0.29) is 46.3 Å². The second-order valence-corrected chi connectivity index (χ2v) is 11.7. The van der Waals surface area contributed by atoms with Gasteiger partial charge in [0.05, 0.1) is 22.7 Å². The molecule has 1 aliphatic heterocycles. The molecule has 1 aliphatic rings. The molecule has 2 heterocycles. The summed E-state index contributed by atoms with van der Waals surface area (Å²) < 4.78 is 45.1. The summed E-state index contributed by atoms with van der Waals surface area (Å²) in [6.07, 6.45) is -4.51. The smallest absolute Gasteiger partial charge is 0.420 e. The molecule has 0 spiro atoms. The molecule has 1 N–H and O–H groups in total. The van der Waals surface area contributed by atoms with Crippen molar-refractivity contribution < 1.29 is 27.3 Å². The number of halogens is 3. The first kappa shape index (κ1) is 30.8. The molecule has 0 unspecified atom stereocenters. The van der Waals surface area contributed by atoms with Gasteiger partial charge in [-0.15, -0.1) is 0 Å². The van der Waals surface area contributed by atoms with Crippen molar-refractivity contribution in [2.24, 2.45) is 0 Å². The van der Waals surface area contributed by atoms with Crippen molar-refractivity contribution in [1.29, 1.82) is 0 Å². The number of benzene rings is 2. The van der Waals surface area contributed by atoms with Crippen molar-refractivity contribution in [2.75, 3.05) is 50.3 Å². The predicted molar refractivity (Wildman–Crippen MR) is 153 cm³/mol. The fraction of sp³-hybridized carbons (Fsp3) is 0.500. The van der Waals surface area contributed by atoms with Crippen molar-refractivity contribution in [3.05, 3.63) is 57.1 Å². The van der Waals surface area contributed by atoms with Gasteiger partial charge in [0, 0.05) is 44.5 Å². The lowest BCUT2D eigenvalue weighted by atomic mass is 9.91. The van der Waals surface area contributed by atoms with Crippen LogP contribution in [0.3, 0.4) is 0 Å². The second kappa shape index (κ2) is 12.8. The van der Waals surface area contributed by atoms with Crippen LogP contribution in [0.2, 0.25) is 0 Å². The summed E-state index contributed by atoms with van der Waals surface area (Å²) in [6.45, 7) is 11.4. The number of para-hydroxylation sites is 1. The van der Waals surface area contributed by atoms with E-state index in [1.54, 1.807) is 6.07 Å². The van der Waals surface area contributed by atoms with Crippen molar-refractivity contribution >= 4 is 40.1 Å². The number of oxazole rings is 1. The van der Waals surface area contributed by atoms with E-state index < -0.39 is 16.7 Å². The number of alkyl halides is 3. The van der Waals surface area contributed by atoms with Gasteiger partial charge in [-0.25, -0.2) is 4.98 Å². The molecule has 41 heavy (non-hydrogen) atoms. The summed E-state index contributed by atoms with van der Waals surface area (Å²) in [5, 5.41) is 14.9. The normalized spacial score (nSPS) is 15.2. The minimum Gasteiger partial charge on any atom is -0.431 e. The van der Waals surface area contributed by atoms with Gasteiger partial charge >= 0.3 is 6.18 Å². The minimum atomic E-state index is -4.51. The number of anilines is 1. The number of aromatic nitrogens is 1. The summed E-state index contributed by atoms with van der Waals surface area (Å²) in [5.74, 6) is 0.309. The van der Waals surface area contributed by atoms with E-state index in [0.717, 1.165) is 24.7 Å². The maximum absolute atomic E-state index is 13.2.